The normalized spacial score (nSPS) is 54.0. The number of allylic oxidation sites excluding steroid dienone is 1. The second-order valence-electron chi connectivity index (χ2n) is 29.0. The second kappa shape index (κ2) is 15.5. The van der Waals surface area contributed by atoms with Crippen molar-refractivity contribution < 1.29 is 61.6 Å². The summed E-state index contributed by atoms with van der Waals surface area (Å²) in [5.74, 6) is -2.05. The number of ether oxygens (including phenoxy) is 4. The second-order valence-corrected chi connectivity index (χ2v) is 30.1. The van der Waals surface area contributed by atoms with Crippen LogP contribution in [0.25, 0.3) is 0 Å². The summed E-state index contributed by atoms with van der Waals surface area (Å²) in [6.45, 7) is 24.6. The fourth-order valence-corrected chi connectivity index (χ4v) is 22.2. The van der Waals surface area contributed by atoms with E-state index in [1.54, 1.807) is 0 Å². The van der Waals surface area contributed by atoms with Gasteiger partial charge in [0.2, 0.25) is 5.79 Å². The molecule has 72 heavy (non-hydrogen) atoms. The molecule has 2 spiro atoms. The lowest BCUT2D eigenvalue weighted by molar-refractivity contribution is -0.408. The zero-order chi connectivity index (χ0) is 51.8. The van der Waals surface area contributed by atoms with Crippen molar-refractivity contribution >= 4 is 10.4 Å². The van der Waals surface area contributed by atoms with Gasteiger partial charge in [0, 0.05) is 27.6 Å². The SMILES string of the molecule is C[C@@H]([C@H]1CC[C@H]2C3=C(CC[C@]12C)[C@@]12CO[C@](O)([C@@H](O)C1)C(C)(C)C2[C@@H](OS(=O)(=O)O)C3)[C@H]1C[C@@H]2C[C@@](C)(OC2(C)C)[C@H](CC[C@@H](C)[C@H]2CC[C@@H]3[C@]2(C)CC=C2[C@@]45CO[C@](O)([C@@H](O)C4)C(C)(C)C5=CC[C@@]23O)O1. The molecule has 0 aromatic carbocycles. The first-order valence-electron chi connectivity index (χ1n) is 28.3. The van der Waals surface area contributed by atoms with E-state index in [1.807, 2.05) is 27.7 Å². The van der Waals surface area contributed by atoms with Crippen LogP contribution < -0.4 is 0 Å². The maximum atomic E-state index is 13.1. The third-order valence-corrected chi connectivity index (χ3v) is 25.5. The Hall–Kier alpha value is -1.27. The van der Waals surface area contributed by atoms with Crippen molar-refractivity contribution in [3.8, 4) is 0 Å². The highest BCUT2D eigenvalue weighted by Gasteiger charge is 2.76. The number of rotatable bonds is 8. The van der Waals surface area contributed by atoms with E-state index in [0.717, 1.165) is 81.8 Å². The van der Waals surface area contributed by atoms with E-state index >= 15 is 0 Å². The lowest BCUT2D eigenvalue weighted by Crippen LogP contribution is -2.76. The van der Waals surface area contributed by atoms with Crippen LogP contribution in [0, 0.1) is 79.8 Å². The van der Waals surface area contributed by atoms with Crippen LogP contribution in [0.4, 0.5) is 0 Å². The molecule has 6 bridgehead atoms. The highest BCUT2D eigenvalue weighted by Crippen LogP contribution is 2.74. The highest BCUT2D eigenvalue weighted by molar-refractivity contribution is 7.80. The van der Waals surface area contributed by atoms with Gasteiger partial charge in [0.25, 0.3) is 0 Å². The van der Waals surface area contributed by atoms with Crippen LogP contribution in [-0.2, 0) is 33.5 Å². The van der Waals surface area contributed by atoms with Crippen molar-refractivity contribution in [3.63, 3.8) is 0 Å². The molecule has 1 unspecified atom stereocenters. The molecule has 0 aromatic heterocycles. The first-order valence-corrected chi connectivity index (χ1v) is 29.6. The van der Waals surface area contributed by atoms with E-state index in [0.29, 0.717) is 42.9 Å². The maximum absolute atomic E-state index is 13.1. The van der Waals surface area contributed by atoms with E-state index < -0.39 is 79.1 Å². The number of aliphatic hydroxyl groups is 5. The average molecular weight is 1030 g/mol. The summed E-state index contributed by atoms with van der Waals surface area (Å²) in [7, 11) is -4.83. The van der Waals surface area contributed by atoms with Gasteiger partial charge < -0.3 is 44.5 Å². The smallest absolute Gasteiger partial charge is 0.387 e. The van der Waals surface area contributed by atoms with Gasteiger partial charge in [-0.2, -0.15) is 8.42 Å². The number of fused-ring (bicyclic) bond motifs is 11. The van der Waals surface area contributed by atoms with Crippen LogP contribution in [0.5, 0.6) is 0 Å². The fraction of sp³-hybridized carbons (Fsp3) is 0.897. The Kier molecular flexibility index (Phi) is 11.1. The molecule has 0 aromatic rings. The van der Waals surface area contributed by atoms with Crippen LogP contribution in [0.2, 0.25) is 0 Å². The van der Waals surface area contributed by atoms with Crippen molar-refractivity contribution in [2.24, 2.45) is 79.8 Å². The molecule has 14 heteroatoms. The van der Waals surface area contributed by atoms with Gasteiger partial charge in [-0.15, -0.1) is 0 Å². The molecule has 14 aliphatic rings. The number of hydrogen-bond donors (Lipinski definition) is 6. The van der Waals surface area contributed by atoms with Gasteiger partial charge >= 0.3 is 10.4 Å². The summed E-state index contributed by atoms with van der Waals surface area (Å²) in [6, 6.07) is 0. The number of hydrogen-bond acceptors (Lipinski definition) is 12. The van der Waals surface area contributed by atoms with Crippen molar-refractivity contribution in [3.05, 3.63) is 34.4 Å². The Morgan fingerprint density at radius 1 is 0.806 bits per heavy atom. The Balaban J connectivity index is 0.788. The molecule has 6 N–H and O–H groups in total. The third-order valence-electron chi connectivity index (χ3n) is 25.0. The topological polar surface area (TPSA) is 202 Å². The summed E-state index contributed by atoms with van der Waals surface area (Å²) in [5, 5.41) is 59.3. The highest BCUT2D eigenvalue weighted by atomic mass is 32.3. The minimum atomic E-state index is -4.83. The first-order chi connectivity index (χ1) is 33.3. The zero-order valence-electron chi connectivity index (χ0n) is 45.1. The lowest BCUT2D eigenvalue weighted by atomic mass is 9.42. The van der Waals surface area contributed by atoms with E-state index in [-0.39, 0.29) is 66.0 Å². The van der Waals surface area contributed by atoms with E-state index in [9.17, 15) is 38.5 Å². The molecule has 21 atom stereocenters. The van der Waals surface area contributed by atoms with Gasteiger partial charge in [0.15, 0.2) is 5.79 Å². The van der Waals surface area contributed by atoms with Crippen LogP contribution in [0.3, 0.4) is 0 Å². The van der Waals surface area contributed by atoms with Crippen molar-refractivity contribution in [2.75, 3.05) is 13.2 Å². The Morgan fingerprint density at radius 3 is 2.18 bits per heavy atom. The molecule has 8 aliphatic carbocycles. The molecule has 13 nitrogen and oxygen atoms in total. The van der Waals surface area contributed by atoms with E-state index in [1.165, 1.54) is 11.1 Å². The fourth-order valence-electron chi connectivity index (χ4n) is 21.7. The van der Waals surface area contributed by atoms with E-state index in [4.69, 9.17) is 23.1 Å². The average Bonchev–Trinajstić information content (AvgIpc) is 3.86. The van der Waals surface area contributed by atoms with E-state index in [2.05, 4.69) is 60.6 Å². The molecule has 14 rings (SSSR count). The van der Waals surface area contributed by atoms with Crippen LogP contribution in [0.15, 0.2) is 34.4 Å². The lowest BCUT2D eigenvalue weighted by Gasteiger charge is -2.69. The van der Waals surface area contributed by atoms with Gasteiger partial charge in [-0.3, -0.25) is 4.55 Å². The van der Waals surface area contributed by atoms with Crippen molar-refractivity contribution in [1.29, 1.82) is 0 Å². The summed E-state index contributed by atoms with van der Waals surface area (Å²) >= 11 is 0. The van der Waals surface area contributed by atoms with Crippen molar-refractivity contribution in [2.45, 2.75) is 231 Å². The Bertz CT molecular complexity index is 2500. The molecule has 6 aliphatic heterocycles. The molecular formula is C58H88O13S. The minimum Gasteiger partial charge on any atom is -0.387 e. The Morgan fingerprint density at radius 2 is 1.49 bits per heavy atom. The predicted octanol–water partition coefficient (Wildman–Crippen LogP) is 8.52. The Labute approximate surface area is 429 Å². The summed E-state index contributed by atoms with van der Waals surface area (Å²) < 4.78 is 68.1. The first kappa shape index (κ1) is 51.5. The minimum absolute atomic E-state index is 0.0242. The quantitative estimate of drug-likeness (QED) is 0.0999. The van der Waals surface area contributed by atoms with Crippen LogP contribution in [-0.4, -0.2) is 111 Å². The molecule has 6 heterocycles. The summed E-state index contributed by atoms with van der Waals surface area (Å²) in [4.78, 5) is 0. The standard InChI is InChI=1S/C58H88O13S/c1-31(35-15-16-42-52(35,10)22-19-43-55-28-45(60)57(62,68-30-55)48(3,4)41(55)20-23-56(42,43)61)12-17-46-53(11)26-33(50(7,8)71-53)24-39(69-46)32(2)36-13-14-37-34-25-40(70-72(64,65)66)47-49(5,6)58(63)44(59)27-54(47,29-67-58)38(34)18-21-51(36,37)9/h19-20,31-33,35-37,39-40,42,44-47,59-63H,12-18,21-30H2,1-11H3,(H,64,65,66)/t31-,32+,33-,35-,36-,37+,39-,40+,42-,44+,45+,46+,47?,51-,52-,53-,54+,55-,56+,57-,58-/m1/s1. The van der Waals surface area contributed by atoms with Gasteiger partial charge in [-0.05, 0) is 175 Å². The number of aliphatic hydroxyl groups excluding tert-OH is 2. The monoisotopic (exact) mass is 1020 g/mol. The summed E-state index contributed by atoms with van der Waals surface area (Å²) in [5.41, 5.74) is -0.587. The molecule has 0 radical (unpaired) electrons. The third kappa shape index (κ3) is 6.41. The van der Waals surface area contributed by atoms with Gasteiger partial charge in [-0.25, -0.2) is 4.18 Å². The van der Waals surface area contributed by atoms with Crippen LogP contribution >= 0.6 is 0 Å². The largest absolute Gasteiger partial charge is 0.397 e. The van der Waals surface area contributed by atoms with Gasteiger partial charge in [0.1, 0.15) is 12.2 Å². The molecule has 404 valence electrons. The molecule has 0 amide bonds. The zero-order valence-corrected chi connectivity index (χ0v) is 45.9. The molecule has 6 saturated heterocycles. The van der Waals surface area contributed by atoms with Crippen molar-refractivity contribution in [1.82, 2.24) is 0 Å². The van der Waals surface area contributed by atoms with Gasteiger partial charge in [0.05, 0.1) is 48.3 Å². The molecular weight excluding hydrogens is 937 g/mol. The summed E-state index contributed by atoms with van der Waals surface area (Å²) in [6.07, 6.45) is 13.2. The maximum Gasteiger partial charge on any atom is 0.397 e. The van der Waals surface area contributed by atoms with Gasteiger partial charge in [-0.1, -0.05) is 84.3 Å². The van der Waals surface area contributed by atoms with Crippen LogP contribution in [0.1, 0.15) is 172 Å². The predicted molar refractivity (Wildman–Crippen MR) is 268 cm³/mol. The molecule has 4 saturated carbocycles. The molecule has 10 fully saturated rings.